The predicted octanol–water partition coefficient (Wildman–Crippen LogP) is 2.45. The summed E-state index contributed by atoms with van der Waals surface area (Å²) in [4.78, 5) is 4.34. The molecule has 0 spiro atoms. The normalized spacial score (nSPS) is 12.2. The van der Waals surface area contributed by atoms with Crippen LogP contribution in [0.15, 0.2) is 42.5 Å². The van der Waals surface area contributed by atoms with Gasteiger partial charge >= 0.3 is 0 Å². The summed E-state index contributed by atoms with van der Waals surface area (Å²) in [7, 11) is 1.61. The summed E-state index contributed by atoms with van der Waals surface area (Å²) < 4.78 is 5.08. The van der Waals surface area contributed by atoms with Gasteiger partial charge in [-0.15, -0.1) is 0 Å². The number of aromatic nitrogens is 1. The number of hydrogen-bond donors (Lipinski definition) is 1. The van der Waals surface area contributed by atoms with Crippen LogP contribution in [0.25, 0.3) is 0 Å². The lowest BCUT2D eigenvalue weighted by atomic mass is 9.99. The molecule has 0 amide bonds. The van der Waals surface area contributed by atoms with Gasteiger partial charge in [-0.3, -0.25) is 0 Å². The fourth-order valence-corrected chi connectivity index (χ4v) is 1.83. The molecule has 0 aliphatic heterocycles. The zero-order valence-corrected chi connectivity index (χ0v) is 10.1. The number of rotatable bonds is 3. The second kappa shape index (κ2) is 4.97. The molecule has 2 aromatic rings. The highest BCUT2D eigenvalue weighted by Gasteiger charge is 2.12. The molecular weight excluding hydrogens is 212 g/mol. The van der Waals surface area contributed by atoms with Crippen molar-refractivity contribution in [1.82, 2.24) is 4.98 Å². The van der Waals surface area contributed by atoms with E-state index in [1.54, 1.807) is 7.11 Å². The van der Waals surface area contributed by atoms with Crippen LogP contribution in [-0.2, 0) is 0 Å². The SMILES string of the molecule is COc1ccc([C@@H](N)c2ccccc2)c(C)n1. The van der Waals surface area contributed by atoms with E-state index in [9.17, 15) is 0 Å². The van der Waals surface area contributed by atoms with Gasteiger partial charge in [-0.25, -0.2) is 4.98 Å². The van der Waals surface area contributed by atoms with Crippen molar-refractivity contribution in [2.75, 3.05) is 7.11 Å². The smallest absolute Gasteiger partial charge is 0.213 e. The first-order valence-electron chi connectivity index (χ1n) is 5.54. The average molecular weight is 228 g/mol. The molecule has 1 atom stereocenters. The highest BCUT2D eigenvalue weighted by molar-refractivity contribution is 5.35. The van der Waals surface area contributed by atoms with E-state index < -0.39 is 0 Å². The van der Waals surface area contributed by atoms with Crippen molar-refractivity contribution >= 4 is 0 Å². The lowest BCUT2D eigenvalue weighted by molar-refractivity contribution is 0.396. The molecule has 0 saturated heterocycles. The average Bonchev–Trinajstić information content (AvgIpc) is 2.39. The van der Waals surface area contributed by atoms with E-state index in [-0.39, 0.29) is 6.04 Å². The number of hydrogen-bond acceptors (Lipinski definition) is 3. The van der Waals surface area contributed by atoms with Crippen molar-refractivity contribution in [3.05, 3.63) is 59.3 Å². The van der Waals surface area contributed by atoms with Crippen LogP contribution in [-0.4, -0.2) is 12.1 Å². The van der Waals surface area contributed by atoms with Gasteiger partial charge < -0.3 is 10.5 Å². The maximum Gasteiger partial charge on any atom is 0.213 e. The number of nitrogens with two attached hydrogens (primary N) is 1. The Kier molecular flexibility index (Phi) is 3.40. The molecule has 2 rings (SSSR count). The Bertz CT molecular complexity index is 497. The van der Waals surface area contributed by atoms with Gasteiger partial charge in [0.25, 0.3) is 0 Å². The molecule has 0 aliphatic carbocycles. The van der Waals surface area contributed by atoms with Gasteiger partial charge in [-0.2, -0.15) is 0 Å². The molecule has 3 heteroatoms. The molecule has 0 bridgehead atoms. The van der Waals surface area contributed by atoms with Gasteiger partial charge in [-0.1, -0.05) is 30.3 Å². The Morgan fingerprint density at radius 3 is 2.41 bits per heavy atom. The first kappa shape index (κ1) is 11.6. The predicted molar refractivity (Wildman–Crippen MR) is 68.0 cm³/mol. The quantitative estimate of drug-likeness (QED) is 0.877. The lowest BCUT2D eigenvalue weighted by Gasteiger charge is -2.15. The largest absolute Gasteiger partial charge is 0.481 e. The Morgan fingerprint density at radius 2 is 1.82 bits per heavy atom. The third kappa shape index (κ3) is 2.45. The zero-order valence-electron chi connectivity index (χ0n) is 10.1. The Labute approximate surface area is 101 Å². The molecule has 0 aliphatic rings. The minimum Gasteiger partial charge on any atom is -0.481 e. The molecule has 3 nitrogen and oxygen atoms in total. The van der Waals surface area contributed by atoms with Crippen molar-refractivity contribution in [2.45, 2.75) is 13.0 Å². The van der Waals surface area contributed by atoms with Gasteiger partial charge in [0.05, 0.1) is 13.2 Å². The molecule has 2 N–H and O–H groups in total. The lowest BCUT2D eigenvalue weighted by Crippen LogP contribution is -2.13. The monoisotopic (exact) mass is 228 g/mol. The van der Waals surface area contributed by atoms with Crippen molar-refractivity contribution in [2.24, 2.45) is 5.73 Å². The van der Waals surface area contributed by atoms with E-state index >= 15 is 0 Å². The van der Waals surface area contributed by atoms with Crippen molar-refractivity contribution in [3.63, 3.8) is 0 Å². The molecule has 0 radical (unpaired) electrons. The summed E-state index contributed by atoms with van der Waals surface area (Å²) in [6.07, 6.45) is 0. The third-order valence-electron chi connectivity index (χ3n) is 2.80. The number of methoxy groups -OCH3 is 1. The molecule has 1 aromatic carbocycles. The van der Waals surface area contributed by atoms with E-state index in [0.29, 0.717) is 5.88 Å². The van der Waals surface area contributed by atoms with E-state index in [1.165, 1.54) is 0 Å². The molecule has 1 heterocycles. The van der Waals surface area contributed by atoms with Gasteiger partial charge in [0.15, 0.2) is 0 Å². The summed E-state index contributed by atoms with van der Waals surface area (Å²) in [6, 6.07) is 13.7. The fourth-order valence-electron chi connectivity index (χ4n) is 1.83. The van der Waals surface area contributed by atoms with Gasteiger partial charge in [0, 0.05) is 11.8 Å². The maximum absolute atomic E-state index is 6.23. The van der Waals surface area contributed by atoms with Crippen LogP contribution in [0, 0.1) is 6.92 Å². The number of ether oxygens (including phenoxy) is 1. The van der Waals surface area contributed by atoms with Gasteiger partial charge in [0.1, 0.15) is 0 Å². The zero-order chi connectivity index (χ0) is 12.3. The Hall–Kier alpha value is -1.87. The minimum atomic E-state index is -0.144. The standard InChI is InChI=1S/C14H16N2O/c1-10-12(8-9-13(16-10)17-2)14(15)11-6-4-3-5-7-11/h3-9,14H,15H2,1-2H3/t14-/m0/s1. The first-order chi connectivity index (χ1) is 8.22. The number of benzene rings is 1. The fraction of sp³-hybridized carbons (Fsp3) is 0.214. The van der Waals surface area contributed by atoms with Crippen LogP contribution in [0.3, 0.4) is 0 Å². The molecule has 0 unspecified atom stereocenters. The number of aryl methyl sites for hydroxylation is 1. The van der Waals surface area contributed by atoms with E-state index in [1.807, 2.05) is 49.4 Å². The second-order valence-corrected chi connectivity index (χ2v) is 3.92. The molecular formula is C14H16N2O. The first-order valence-corrected chi connectivity index (χ1v) is 5.54. The minimum absolute atomic E-state index is 0.144. The van der Waals surface area contributed by atoms with Crippen LogP contribution in [0.4, 0.5) is 0 Å². The number of pyridine rings is 1. The van der Waals surface area contributed by atoms with Crippen LogP contribution in [0.5, 0.6) is 5.88 Å². The highest BCUT2D eigenvalue weighted by Crippen LogP contribution is 2.23. The molecule has 0 fully saturated rings. The van der Waals surface area contributed by atoms with Crippen molar-refractivity contribution in [1.29, 1.82) is 0 Å². The molecule has 0 saturated carbocycles. The van der Waals surface area contributed by atoms with Crippen molar-refractivity contribution in [3.8, 4) is 5.88 Å². The van der Waals surface area contributed by atoms with Crippen LogP contribution >= 0.6 is 0 Å². The van der Waals surface area contributed by atoms with Crippen LogP contribution < -0.4 is 10.5 Å². The highest BCUT2D eigenvalue weighted by atomic mass is 16.5. The van der Waals surface area contributed by atoms with Gasteiger partial charge in [-0.05, 0) is 24.1 Å². The van der Waals surface area contributed by atoms with Crippen LogP contribution in [0.1, 0.15) is 22.9 Å². The number of nitrogens with zero attached hydrogens (tertiary/aromatic N) is 1. The Morgan fingerprint density at radius 1 is 1.12 bits per heavy atom. The van der Waals surface area contributed by atoms with Crippen molar-refractivity contribution < 1.29 is 4.74 Å². The van der Waals surface area contributed by atoms with E-state index in [2.05, 4.69) is 4.98 Å². The maximum atomic E-state index is 6.23. The second-order valence-electron chi connectivity index (χ2n) is 3.92. The molecule has 17 heavy (non-hydrogen) atoms. The summed E-state index contributed by atoms with van der Waals surface area (Å²) in [5.74, 6) is 0.617. The summed E-state index contributed by atoms with van der Waals surface area (Å²) in [6.45, 7) is 1.95. The van der Waals surface area contributed by atoms with E-state index in [0.717, 1.165) is 16.8 Å². The topological polar surface area (TPSA) is 48.1 Å². The summed E-state index contributed by atoms with van der Waals surface area (Å²) in [5, 5.41) is 0. The third-order valence-corrected chi connectivity index (χ3v) is 2.80. The summed E-state index contributed by atoms with van der Waals surface area (Å²) >= 11 is 0. The van der Waals surface area contributed by atoms with E-state index in [4.69, 9.17) is 10.5 Å². The Balaban J connectivity index is 2.34. The molecule has 88 valence electrons. The van der Waals surface area contributed by atoms with Gasteiger partial charge in [0.2, 0.25) is 5.88 Å². The summed E-state index contributed by atoms with van der Waals surface area (Å²) in [5.41, 5.74) is 9.24. The molecule has 1 aromatic heterocycles. The van der Waals surface area contributed by atoms with Crippen LogP contribution in [0.2, 0.25) is 0 Å².